The lowest BCUT2D eigenvalue weighted by Crippen LogP contribution is -2.36. The highest BCUT2D eigenvalue weighted by atomic mass is 79.9. The van der Waals surface area contributed by atoms with Gasteiger partial charge in [0.2, 0.25) is 5.91 Å². The number of esters is 1. The van der Waals surface area contributed by atoms with Gasteiger partial charge >= 0.3 is 5.97 Å². The SMILES string of the molecule is CCOC(=O)C1=C2C[C@@H](CNC(C)=O)CN2C(c2nccs2)=N[C@H]1c1ccc(F)cc1Br. The first-order valence-corrected chi connectivity index (χ1v) is 11.9. The largest absolute Gasteiger partial charge is 0.463 e. The number of carbonyl (C=O) groups excluding carboxylic acids is 2. The molecule has 3 heterocycles. The molecule has 168 valence electrons. The Balaban J connectivity index is 1.84. The van der Waals surface area contributed by atoms with Crippen molar-refractivity contribution in [2.45, 2.75) is 26.3 Å². The van der Waals surface area contributed by atoms with Crippen molar-refractivity contribution >= 4 is 45.0 Å². The summed E-state index contributed by atoms with van der Waals surface area (Å²) < 4.78 is 19.7. The van der Waals surface area contributed by atoms with Crippen LogP contribution in [0.2, 0.25) is 0 Å². The van der Waals surface area contributed by atoms with Gasteiger partial charge in [-0.2, -0.15) is 0 Å². The number of hydrogen-bond donors (Lipinski definition) is 1. The number of amides is 1. The van der Waals surface area contributed by atoms with Gasteiger partial charge in [-0.05, 0) is 37.0 Å². The average molecular weight is 521 g/mol. The van der Waals surface area contributed by atoms with Gasteiger partial charge < -0.3 is 15.0 Å². The van der Waals surface area contributed by atoms with E-state index >= 15 is 0 Å². The van der Waals surface area contributed by atoms with E-state index in [4.69, 9.17) is 9.73 Å². The molecule has 1 saturated heterocycles. The van der Waals surface area contributed by atoms with Crippen LogP contribution in [0.15, 0.2) is 50.5 Å². The van der Waals surface area contributed by atoms with Crippen molar-refractivity contribution in [3.05, 3.63) is 61.9 Å². The molecule has 0 aliphatic carbocycles. The monoisotopic (exact) mass is 520 g/mol. The minimum Gasteiger partial charge on any atom is -0.463 e. The first-order valence-electron chi connectivity index (χ1n) is 10.2. The minimum absolute atomic E-state index is 0.0962. The zero-order chi connectivity index (χ0) is 22.8. The molecule has 0 spiro atoms. The van der Waals surface area contributed by atoms with E-state index in [1.807, 2.05) is 10.3 Å². The predicted molar refractivity (Wildman–Crippen MR) is 123 cm³/mol. The topological polar surface area (TPSA) is 83.9 Å². The van der Waals surface area contributed by atoms with Gasteiger partial charge in [-0.15, -0.1) is 11.3 Å². The second kappa shape index (κ2) is 9.50. The third kappa shape index (κ3) is 4.47. The number of carbonyl (C=O) groups is 2. The van der Waals surface area contributed by atoms with Crippen LogP contribution in [0.25, 0.3) is 0 Å². The van der Waals surface area contributed by atoms with Crippen molar-refractivity contribution in [1.82, 2.24) is 15.2 Å². The number of nitrogens with zero attached hydrogens (tertiary/aromatic N) is 3. The van der Waals surface area contributed by atoms with Crippen LogP contribution in [0.4, 0.5) is 4.39 Å². The van der Waals surface area contributed by atoms with Gasteiger partial charge in [0.05, 0.1) is 12.2 Å². The Hall–Kier alpha value is -2.59. The maximum Gasteiger partial charge on any atom is 0.338 e. The van der Waals surface area contributed by atoms with Crippen molar-refractivity contribution < 1.29 is 18.7 Å². The van der Waals surface area contributed by atoms with Crippen molar-refractivity contribution in [3.8, 4) is 0 Å². The number of hydrogen-bond acceptors (Lipinski definition) is 7. The Morgan fingerprint density at radius 2 is 2.22 bits per heavy atom. The van der Waals surface area contributed by atoms with E-state index in [0.29, 0.717) is 41.0 Å². The van der Waals surface area contributed by atoms with Gasteiger partial charge in [0.15, 0.2) is 10.8 Å². The molecule has 0 saturated carbocycles. The number of rotatable bonds is 6. The Morgan fingerprint density at radius 1 is 1.41 bits per heavy atom. The maximum absolute atomic E-state index is 13.8. The lowest BCUT2D eigenvalue weighted by molar-refractivity contribution is -0.139. The molecule has 32 heavy (non-hydrogen) atoms. The molecule has 1 N–H and O–H groups in total. The van der Waals surface area contributed by atoms with Crippen LogP contribution in [0.3, 0.4) is 0 Å². The first-order chi connectivity index (χ1) is 15.4. The highest BCUT2D eigenvalue weighted by Crippen LogP contribution is 2.43. The summed E-state index contributed by atoms with van der Waals surface area (Å²) in [6.07, 6.45) is 2.29. The predicted octanol–water partition coefficient (Wildman–Crippen LogP) is 3.82. The Bertz CT molecular complexity index is 1100. The third-order valence-electron chi connectivity index (χ3n) is 5.36. The van der Waals surface area contributed by atoms with Crippen molar-refractivity contribution in [3.63, 3.8) is 0 Å². The Morgan fingerprint density at radius 3 is 2.88 bits per heavy atom. The molecule has 2 aliphatic rings. The van der Waals surface area contributed by atoms with Crippen LogP contribution in [0, 0.1) is 11.7 Å². The Labute approximate surface area is 197 Å². The summed E-state index contributed by atoms with van der Waals surface area (Å²) in [5.74, 6) is -0.176. The molecule has 1 aromatic heterocycles. The number of ether oxygens (including phenoxy) is 1. The fraction of sp³-hybridized carbons (Fsp3) is 0.364. The number of amidine groups is 1. The zero-order valence-electron chi connectivity index (χ0n) is 17.6. The van der Waals surface area contributed by atoms with Crippen LogP contribution >= 0.6 is 27.3 Å². The molecule has 1 aromatic carbocycles. The molecule has 2 atom stereocenters. The standard InChI is InChI=1S/C22H22BrFN4O3S/c1-3-31-22(30)18-17-8-13(10-26-12(2)29)11-28(17)20(21-25-6-7-32-21)27-19(18)15-5-4-14(24)9-16(15)23/h4-7,9,13,19H,3,8,10-11H2,1-2H3,(H,26,29)/t13-,19-/m0/s1. The maximum atomic E-state index is 13.8. The average Bonchev–Trinajstić information content (AvgIpc) is 3.41. The summed E-state index contributed by atoms with van der Waals surface area (Å²) in [5.41, 5.74) is 1.91. The molecular formula is C22H22BrFN4O3S. The van der Waals surface area contributed by atoms with Gasteiger partial charge in [-0.1, -0.05) is 22.0 Å². The normalized spacial score (nSPS) is 20.1. The van der Waals surface area contributed by atoms with Gasteiger partial charge in [0, 0.05) is 41.8 Å². The van der Waals surface area contributed by atoms with E-state index in [0.717, 1.165) is 10.7 Å². The summed E-state index contributed by atoms with van der Waals surface area (Å²) in [7, 11) is 0. The molecule has 10 heteroatoms. The lowest BCUT2D eigenvalue weighted by atomic mass is 9.94. The summed E-state index contributed by atoms with van der Waals surface area (Å²) in [5, 5.41) is 5.47. The molecule has 1 amide bonds. The number of benzene rings is 1. The molecule has 7 nitrogen and oxygen atoms in total. The van der Waals surface area contributed by atoms with Gasteiger partial charge in [0.25, 0.3) is 0 Å². The number of aromatic nitrogens is 1. The number of fused-ring (bicyclic) bond motifs is 1. The van der Waals surface area contributed by atoms with Crippen LogP contribution in [0.1, 0.15) is 36.9 Å². The quantitative estimate of drug-likeness (QED) is 0.585. The highest BCUT2D eigenvalue weighted by Gasteiger charge is 2.42. The van der Waals surface area contributed by atoms with E-state index in [-0.39, 0.29) is 24.2 Å². The van der Waals surface area contributed by atoms with E-state index in [1.165, 1.54) is 30.4 Å². The van der Waals surface area contributed by atoms with Gasteiger partial charge in [-0.3, -0.25) is 9.79 Å². The fourth-order valence-corrected chi connectivity index (χ4v) is 5.22. The van der Waals surface area contributed by atoms with Crippen LogP contribution in [0.5, 0.6) is 0 Å². The molecule has 0 bridgehead atoms. The van der Waals surface area contributed by atoms with Gasteiger partial charge in [-0.25, -0.2) is 14.2 Å². The molecule has 0 radical (unpaired) electrons. The van der Waals surface area contributed by atoms with Crippen molar-refractivity contribution in [1.29, 1.82) is 0 Å². The number of aliphatic imine (C=N–C) groups is 1. The Kier molecular flexibility index (Phi) is 6.71. The first kappa shape index (κ1) is 22.6. The number of halogens is 2. The van der Waals surface area contributed by atoms with Crippen molar-refractivity contribution in [2.24, 2.45) is 10.9 Å². The molecule has 2 aromatic rings. The van der Waals surface area contributed by atoms with Crippen molar-refractivity contribution in [2.75, 3.05) is 19.7 Å². The number of thiazole rings is 1. The second-order valence-corrected chi connectivity index (χ2v) is 9.31. The summed E-state index contributed by atoms with van der Waals surface area (Å²) >= 11 is 4.89. The number of nitrogens with one attached hydrogen (secondary N) is 1. The minimum atomic E-state index is -0.673. The number of allylic oxidation sites excluding steroid dienone is 1. The highest BCUT2D eigenvalue weighted by molar-refractivity contribution is 9.10. The lowest BCUT2D eigenvalue weighted by Gasteiger charge is -2.32. The smallest absolute Gasteiger partial charge is 0.338 e. The van der Waals surface area contributed by atoms with Crippen LogP contribution in [-0.2, 0) is 14.3 Å². The molecule has 2 aliphatic heterocycles. The van der Waals surface area contributed by atoms with E-state index in [1.54, 1.807) is 19.2 Å². The van der Waals surface area contributed by atoms with Crippen LogP contribution < -0.4 is 5.32 Å². The van der Waals surface area contributed by atoms with Gasteiger partial charge in [0.1, 0.15) is 11.9 Å². The summed E-state index contributed by atoms with van der Waals surface area (Å²) in [6, 6.07) is 3.68. The van der Waals surface area contributed by atoms with E-state index in [9.17, 15) is 14.0 Å². The zero-order valence-corrected chi connectivity index (χ0v) is 20.0. The summed E-state index contributed by atoms with van der Waals surface area (Å²) in [6.45, 7) is 4.54. The van der Waals surface area contributed by atoms with Crippen LogP contribution in [-0.4, -0.2) is 47.3 Å². The van der Waals surface area contributed by atoms with E-state index < -0.39 is 12.0 Å². The molecule has 0 unspecified atom stereocenters. The molecular weight excluding hydrogens is 499 g/mol. The fourth-order valence-electron chi connectivity index (χ4n) is 4.02. The summed E-state index contributed by atoms with van der Waals surface area (Å²) in [4.78, 5) is 35.9. The molecule has 1 fully saturated rings. The molecule has 4 rings (SSSR count). The third-order valence-corrected chi connectivity index (χ3v) is 6.81. The second-order valence-electron chi connectivity index (χ2n) is 7.56. The van der Waals surface area contributed by atoms with E-state index in [2.05, 4.69) is 26.2 Å².